The Balaban J connectivity index is 1.58. The van der Waals surface area contributed by atoms with E-state index < -0.39 is 5.60 Å². The largest absolute Gasteiger partial charge is 0.383 e. The molecule has 1 aromatic heterocycles. The average molecular weight is 321 g/mol. The summed E-state index contributed by atoms with van der Waals surface area (Å²) in [6.45, 7) is 6.13. The highest BCUT2D eigenvalue weighted by Gasteiger charge is 2.53. The molecule has 2 aliphatic rings. The molecule has 2 aliphatic carbocycles. The number of guanidine groups is 1. The van der Waals surface area contributed by atoms with Gasteiger partial charge in [0.2, 0.25) is 0 Å². The maximum atomic E-state index is 10.6. The van der Waals surface area contributed by atoms with Crippen LogP contribution < -0.4 is 10.6 Å². The molecule has 0 aromatic carbocycles. The zero-order valence-electron chi connectivity index (χ0n) is 13.6. The summed E-state index contributed by atoms with van der Waals surface area (Å²) in [6, 6.07) is 3.93. The normalized spacial score (nSPS) is 23.0. The van der Waals surface area contributed by atoms with Crippen molar-refractivity contribution in [1.29, 1.82) is 0 Å². The van der Waals surface area contributed by atoms with E-state index in [1.165, 1.54) is 25.7 Å². The van der Waals surface area contributed by atoms with E-state index in [2.05, 4.69) is 22.5 Å². The van der Waals surface area contributed by atoms with Crippen molar-refractivity contribution in [2.24, 2.45) is 16.3 Å². The van der Waals surface area contributed by atoms with E-state index >= 15 is 0 Å². The van der Waals surface area contributed by atoms with E-state index in [-0.39, 0.29) is 0 Å². The molecule has 3 rings (SSSR count). The van der Waals surface area contributed by atoms with Gasteiger partial charge in [0.15, 0.2) is 5.96 Å². The van der Waals surface area contributed by atoms with Gasteiger partial charge in [0.05, 0.1) is 6.54 Å². The molecule has 0 spiro atoms. The molecule has 2 saturated carbocycles. The zero-order chi connectivity index (χ0) is 15.6. The predicted octanol–water partition coefficient (Wildman–Crippen LogP) is 2.70. The molecule has 0 bridgehead atoms. The molecule has 1 unspecified atom stereocenters. The molecule has 1 atom stereocenters. The van der Waals surface area contributed by atoms with Crippen LogP contribution in [0.3, 0.4) is 0 Å². The van der Waals surface area contributed by atoms with E-state index in [0.717, 1.165) is 29.8 Å². The lowest BCUT2D eigenvalue weighted by Gasteiger charge is -2.22. The number of hydrogen-bond donors (Lipinski definition) is 3. The first kappa shape index (κ1) is 15.8. The second-order valence-corrected chi connectivity index (χ2v) is 7.88. The number of hydrogen-bond acceptors (Lipinski definition) is 3. The van der Waals surface area contributed by atoms with Crippen molar-refractivity contribution in [1.82, 2.24) is 10.6 Å². The summed E-state index contributed by atoms with van der Waals surface area (Å²) in [6.07, 6.45) is 5.53. The van der Waals surface area contributed by atoms with E-state index in [1.807, 2.05) is 24.4 Å². The molecule has 0 saturated heterocycles. The Morgan fingerprint density at radius 3 is 2.77 bits per heavy atom. The molecule has 122 valence electrons. The molecule has 4 nitrogen and oxygen atoms in total. The van der Waals surface area contributed by atoms with Crippen LogP contribution in [0.25, 0.3) is 0 Å². The van der Waals surface area contributed by atoms with Gasteiger partial charge in [-0.3, -0.25) is 0 Å². The van der Waals surface area contributed by atoms with Crippen LogP contribution in [-0.2, 0) is 5.60 Å². The molecule has 5 heteroatoms. The summed E-state index contributed by atoms with van der Waals surface area (Å²) < 4.78 is 0. The molecule has 0 aliphatic heterocycles. The standard InChI is InChI=1S/C17H27N3OS/c1-3-18-15(20-12-17(8-9-17)13-6-7-13)19-11-16(2,21)14-5-4-10-22-14/h4-5,10,13,21H,3,6-9,11-12H2,1-2H3,(H2,18,19,20). The van der Waals surface area contributed by atoms with Crippen LogP contribution in [0.2, 0.25) is 0 Å². The van der Waals surface area contributed by atoms with Gasteiger partial charge in [0, 0.05) is 18.0 Å². The van der Waals surface area contributed by atoms with Crippen molar-refractivity contribution in [2.45, 2.75) is 45.1 Å². The van der Waals surface area contributed by atoms with Gasteiger partial charge in [-0.2, -0.15) is 0 Å². The lowest BCUT2D eigenvalue weighted by Crippen LogP contribution is -2.41. The molecule has 3 N–H and O–H groups in total. The molecule has 2 fully saturated rings. The third-order valence-electron chi connectivity index (χ3n) is 4.88. The molecular weight excluding hydrogens is 294 g/mol. The third-order valence-corrected chi connectivity index (χ3v) is 6.01. The van der Waals surface area contributed by atoms with Crippen LogP contribution in [0.1, 0.15) is 44.4 Å². The molecular formula is C17H27N3OS. The fourth-order valence-electron chi connectivity index (χ4n) is 3.08. The molecule has 1 aromatic rings. The van der Waals surface area contributed by atoms with Gasteiger partial charge < -0.3 is 15.7 Å². The Morgan fingerprint density at radius 2 is 2.23 bits per heavy atom. The highest BCUT2D eigenvalue weighted by Crippen LogP contribution is 2.60. The van der Waals surface area contributed by atoms with Gasteiger partial charge in [0.25, 0.3) is 0 Å². The van der Waals surface area contributed by atoms with Crippen LogP contribution in [0, 0.1) is 11.3 Å². The maximum Gasteiger partial charge on any atom is 0.191 e. The summed E-state index contributed by atoms with van der Waals surface area (Å²) in [5.74, 6) is 1.77. The van der Waals surface area contributed by atoms with Crippen molar-refractivity contribution < 1.29 is 5.11 Å². The first-order valence-corrected chi connectivity index (χ1v) is 9.22. The van der Waals surface area contributed by atoms with Crippen LogP contribution >= 0.6 is 11.3 Å². The molecule has 0 radical (unpaired) electrons. The number of nitrogens with one attached hydrogen (secondary N) is 2. The van der Waals surface area contributed by atoms with Crippen molar-refractivity contribution in [2.75, 3.05) is 19.6 Å². The Bertz CT molecular complexity index is 516. The fourth-order valence-corrected chi connectivity index (χ4v) is 3.86. The Hall–Kier alpha value is -1.07. The second-order valence-electron chi connectivity index (χ2n) is 6.94. The monoisotopic (exact) mass is 321 g/mol. The topological polar surface area (TPSA) is 56.7 Å². The van der Waals surface area contributed by atoms with Gasteiger partial charge in [0.1, 0.15) is 5.60 Å². The highest BCUT2D eigenvalue weighted by atomic mass is 32.1. The van der Waals surface area contributed by atoms with Crippen molar-refractivity contribution in [3.05, 3.63) is 22.4 Å². The van der Waals surface area contributed by atoms with E-state index in [9.17, 15) is 5.11 Å². The van der Waals surface area contributed by atoms with Crippen LogP contribution in [-0.4, -0.2) is 30.7 Å². The predicted molar refractivity (Wildman–Crippen MR) is 92.3 cm³/mol. The van der Waals surface area contributed by atoms with E-state index in [4.69, 9.17) is 0 Å². The first-order valence-electron chi connectivity index (χ1n) is 8.34. The number of nitrogens with zero attached hydrogens (tertiary/aromatic N) is 1. The third kappa shape index (κ3) is 3.63. The van der Waals surface area contributed by atoms with Gasteiger partial charge >= 0.3 is 0 Å². The minimum atomic E-state index is -0.899. The Morgan fingerprint density at radius 1 is 1.45 bits per heavy atom. The minimum absolute atomic E-state index is 0.374. The average Bonchev–Trinajstić information content (AvgIpc) is 3.40. The Labute approximate surface area is 137 Å². The lowest BCUT2D eigenvalue weighted by atomic mass is 10.0. The van der Waals surface area contributed by atoms with Crippen molar-refractivity contribution in [3.63, 3.8) is 0 Å². The smallest absolute Gasteiger partial charge is 0.191 e. The summed E-state index contributed by atoms with van der Waals surface area (Å²) in [5, 5.41) is 19.4. The summed E-state index contributed by atoms with van der Waals surface area (Å²) in [4.78, 5) is 5.56. The minimum Gasteiger partial charge on any atom is -0.383 e. The van der Waals surface area contributed by atoms with Crippen LogP contribution in [0.4, 0.5) is 0 Å². The second kappa shape index (κ2) is 6.20. The SMILES string of the molecule is CCNC(=NCC(C)(O)c1cccs1)NCC1(C2CC2)CC1. The van der Waals surface area contributed by atoms with E-state index in [1.54, 1.807) is 11.3 Å². The maximum absolute atomic E-state index is 10.6. The molecule has 0 amide bonds. The van der Waals surface area contributed by atoms with Crippen molar-refractivity contribution in [3.8, 4) is 0 Å². The van der Waals surface area contributed by atoms with Gasteiger partial charge in [-0.25, -0.2) is 4.99 Å². The van der Waals surface area contributed by atoms with Gasteiger partial charge in [-0.05, 0) is 62.3 Å². The van der Waals surface area contributed by atoms with E-state index in [0.29, 0.717) is 12.0 Å². The first-order chi connectivity index (χ1) is 10.6. The fraction of sp³-hybridized carbons (Fsp3) is 0.706. The molecule has 1 heterocycles. The van der Waals surface area contributed by atoms with Gasteiger partial charge in [-0.15, -0.1) is 11.3 Å². The summed E-state index contributed by atoms with van der Waals surface area (Å²) >= 11 is 1.57. The highest BCUT2D eigenvalue weighted by molar-refractivity contribution is 7.10. The van der Waals surface area contributed by atoms with Crippen LogP contribution in [0.15, 0.2) is 22.5 Å². The number of aliphatic imine (C=N–C) groups is 1. The lowest BCUT2D eigenvalue weighted by molar-refractivity contribution is 0.0711. The quantitative estimate of drug-likeness (QED) is 0.534. The summed E-state index contributed by atoms with van der Waals surface area (Å²) in [7, 11) is 0. The summed E-state index contributed by atoms with van der Waals surface area (Å²) in [5.41, 5.74) is -0.350. The number of aliphatic hydroxyl groups is 1. The van der Waals surface area contributed by atoms with Crippen LogP contribution in [0.5, 0.6) is 0 Å². The molecule has 22 heavy (non-hydrogen) atoms. The van der Waals surface area contributed by atoms with Gasteiger partial charge in [-0.1, -0.05) is 6.07 Å². The number of rotatable bonds is 7. The Kier molecular flexibility index (Phi) is 4.46. The van der Waals surface area contributed by atoms with Crippen molar-refractivity contribution >= 4 is 17.3 Å². The number of thiophene rings is 1. The zero-order valence-corrected chi connectivity index (χ0v) is 14.4.